The van der Waals surface area contributed by atoms with Gasteiger partial charge in [-0.1, -0.05) is 15.9 Å². The minimum absolute atomic E-state index is 1.01. The molecule has 1 aliphatic heterocycles. The Morgan fingerprint density at radius 1 is 1.33 bits per heavy atom. The fraction of sp³-hybridized carbons (Fsp3) is 0.462. The molecule has 4 nitrogen and oxygen atoms in total. The van der Waals surface area contributed by atoms with E-state index < -0.39 is 0 Å². The van der Waals surface area contributed by atoms with E-state index in [1.807, 2.05) is 6.20 Å². The molecule has 5 heteroatoms. The van der Waals surface area contributed by atoms with E-state index >= 15 is 0 Å². The van der Waals surface area contributed by atoms with Gasteiger partial charge in [-0.2, -0.15) is 0 Å². The minimum Gasteiger partial charge on any atom is -0.314 e. The Morgan fingerprint density at radius 3 is 3.00 bits per heavy atom. The third kappa shape index (κ3) is 2.58. The molecular weight excluding hydrogens is 292 g/mol. The smallest absolute Gasteiger partial charge is 0.114 e. The van der Waals surface area contributed by atoms with Crippen LogP contribution in [0.5, 0.6) is 0 Å². The third-order valence-corrected chi connectivity index (χ3v) is 3.93. The summed E-state index contributed by atoms with van der Waals surface area (Å²) >= 11 is 3.49. The van der Waals surface area contributed by atoms with Crippen LogP contribution in [0.4, 0.5) is 0 Å². The van der Waals surface area contributed by atoms with Crippen LogP contribution in [0.25, 0.3) is 5.52 Å². The second-order valence-electron chi connectivity index (χ2n) is 4.66. The normalized spacial score (nSPS) is 17.4. The van der Waals surface area contributed by atoms with Crippen LogP contribution in [0, 0.1) is 0 Å². The number of nitrogens with one attached hydrogen (secondary N) is 1. The number of rotatable bonds is 3. The summed E-state index contributed by atoms with van der Waals surface area (Å²) < 4.78 is 3.27. The molecular formula is C13H17BrN4. The zero-order valence-corrected chi connectivity index (χ0v) is 11.9. The predicted molar refractivity (Wildman–Crippen MR) is 75.9 cm³/mol. The Kier molecular flexibility index (Phi) is 3.63. The number of hydrogen-bond donors (Lipinski definition) is 1. The molecule has 1 saturated heterocycles. The molecule has 1 fully saturated rings. The lowest BCUT2D eigenvalue weighted by molar-refractivity contribution is 0.242. The molecule has 3 heterocycles. The first-order valence-electron chi connectivity index (χ1n) is 6.37. The van der Waals surface area contributed by atoms with Crippen LogP contribution < -0.4 is 5.32 Å². The lowest BCUT2D eigenvalue weighted by Crippen LogP contribution is -2.44. The standard InChI is InChI=1S/C13H17BrN4/c14-11-1-6-18-12(9-11)10-16-13(18)2-5-17-7-3-15-4-8-17/h1,6,9-10,15H,2-5,7-8H2. The Balaban J connectivity index is 1.70. The average molecular weight is 309 g/mol. The largest absolute Gasteiger partial charge is 0.314 e. The topological polar surface area (TPSA) is 32.6 Å². The van der Waals surface area contributed by atoms with Crippen molar-refractivity contribution in [2.75, 3.05) is 32.7 Å². The van der Waals surface area contributed by atoms with Gasteiger partial charge in [-0.25, -0.2) is 4.98 Å². The molecule has 2 aromatic heterocycles. The SMILES string of the molecule is Brc1ccn2c(CCN3CCNCC3)ncc2c1. The Labute approximate surface area is 115 Å². The Bertz CT molecular complexity index is 531. The maximum Gasteiger partial charge on any atom is 0.114 e. The van der Waals surface area contributed by atoms with Crippen LogP contribution in [0.1, 0.15) is 5.82 Å². The van der Waals surface area contributed by atoms with Crippen molar-refractivity contribution >= 4 is 21.4 Å². The van der Waals surface area contributed by atoms with Crippen molar-refractivity contribution in [3.8, 4) is 0 Å². The molecule has 18 heavy (non-hydrogen) atoms. The molecule has 3 rings (SSSR count). The van der Waals surface area contributed by atoms with Crippen LogP contribution in [0.2, 0.25) is 0 Å². The number of imidazole rings is 1. The Morgan fingerprint density at radius 2 is 2.17 bits per heavy atom. The number of nitrogens with zero attached hydrogens (tertiary/aromatic N) is 3. The van der Waals surface area contributed by atoms with Gasteiger partial charge >= 0.3 is 0 Å². The van der Waals surface area contributed by atoms with Crippen molar-refractivity contribution in [2.24, 2.45) is 0 Å². The maximum atomic E-state index is 4.52. The second-order valence-corrected chi connectivity index (χ2v) is 5.57. The van der Waals surface area contributed by atoms with Crippen molar-refractivity contribution in [3.63, 3.8) is 0 Å². The number of fused-ring (bicyclic) bond motifs is 1. The fourth-order valence-electron chi connectivity index (χ4n) is 2.41. The molecule has 0 bridgehead atoms. The van der Waals surface area contributed by atoms with Crippen molar-refractivity contribution in [1.29, 1.82) is 0 Å². The van der Waals surface area contributed by atoms with Gasteiger partial charge < -0.3 is 14.6 Å². The van der Waals surface area contributed by atoms with Gasteiger partial charge in [0, 0.05) is 49.8 Å². The highest BCUT2D eigenvalue weighted by Gasteiger charge is 2.11. The molecule has 0 aliphatic carbocycles. The quantitative estimate of drug-likeness (QED) is 0.934. The highest BCUT2D eigenvalue weighted by molar-refractivity contribution is 9.10. The number of pyridine rings is 1. The van der Waals surface area contributed by atoms with Gasteiger partial charge in [0.05, 0.1) is 11.7 Å². The highest BCUT2D eigenvalue weighted by atomic mass is 79.9. The van der Waals surface area contributed by atoms with E-state index in [9.17, 15) is 0 Å². The summed E-state index contributed by atoms with van der Waals surface area (Å²) in [5.41, 5.74) is 1.15. The lowest BCUT2D eigenvalue weighted by atomic mass is 10.3. The van der Waals surface area contributed by atoms with Gasteiger partial charge in [0.1, 0.15) is 5.82 Å². The van der Waals surface area contributed by atoms with Crippen LogP contribution in [-0.2, 0) is 6.42 Å². The second kappa shape index (κ2) is 5.38. The summed E-state index contributed by atoms with van der Waals surface area (Å²) in [4.78, 5) is 7.02. The number of aromatic nitrogens is 2. The maximum absolute atomic E-state index is 4.52. The first-order valence-corrected chi connectivity index (χ1v) is 7.17. The molecule has 2 aromatic rings. The van der Waals surface area contributed by atoms with E-state index in [1.54, 1.807) is 0 Å². The van der Waals surface area contributed by atoms with Crippen molar-refractivity contribution < 1.29 is 0 Å². The zero-order valence-electron chi connectivity index (χ0n) is 10.3. The molecule has 0 aromatic carbocycles. The summed E-state index contributed by atoms with van der Waals surface area (Å²) in [5, 5.41) is 3.38. The van der Waals surface area contributed by atoms with Crippen LogP contribution in [-0.4, -0.2) is 47.0 Å². The van der Waals surface area contributed by atoms with Crippen LogP contribution in [0.15, 0.2) is 29.0 Å². The molecule has 0 radical (unpaired) electrons. The van der Waals surface area contributed by atoms with Crippen molar-refractivity contribution in [3.05, 3.63) is 34.8 Å². The molecule has 1 N–H and O–H groups in total. The average Bonchev–Trinajstić information content (AvgIpc) is 2.80. The van der Waals surface area contributed by atoms with Crippen LogP contribution >= 0.6 is 15.9 Å². The van der Waals surface area contributed by atoms with E-state index in [1.165, 1.54) is 0 Å². The van der Waals surface area contributed by atoms with Crippen molar-refractivity contribution in [2.45, 2.75) is 6.42 Å². The van der Waals surface area contributed by atoms with Gasteiger partial charge in [0.15, 0.2) is 0 Å². The van der Waals surface area contributed by atoms with E-state index in [4.69, 9.17) is 0 Å². The summed E-state index contributed by atoms with van der Waals surface area (Å²) in [6, 6.07) is 4.16. The van der Waals surface area contributed by atoms with Crippen molar-refractivity contribution in [1.82, 2.24) is 19.6 Å². The highest BCUT2D eigenvalue weighted by Crippen LogP contribution is 2.15. The fourth-order valence-corrected chi connectivity index (χ4v) is 2.76. The molecule has 0 unspecified atom stereocenters. The molecule has 0 atom stereocenters. The molecule has 0 spiro atoms. The van der Waals surface area contributed by atoms with E-state index in [-0.39, 0.29) is 0 Å². The summed E-state index contributed by atoms with van der Waals surface area (Å²) in [5.74, 6) is 1.15. The Hall–Kier alpha value is -0.910. The summed E-state index contributed by atoms with van der Waals surface area (Å²) in [6.07, 6.45) is 5.03. The van der Waals surface area contributed by atoms with Gasteiger partial charge in [-0.05, 0) is 12.1 Å². The third-order valence-electron chi connectivity index (χ3n) is 3.43. The number of halogens is 1. The first kappa shape index (κ1) is 12.1. The van der Waals surface area contributed by atoms with E-state index in [0.717, 1.165) is 55.0 Å². The van der Waals surface area contributed by atoms with Gasteiger partial charge in [0.25, 0.3) is 0 Å². The molecule has 0 saturated carbocycles. The summed E-state index contributed by atoms with van der Waals surface area (Å²) in [7, 11) is 0. The first-order chi connectivity index (χ1) is 8.83. The van der Waals surface area contributed by atoms with Crippen LogP contribution in [0.3, 0.4) is 0 Å². The molecule has 0 amide bonds. The monoisotopic (exact) mass is 308 g/mol. The zero-order chi connectivity index (χ0) is 12.4. The lowest BCUT2D eigenvalue weighted by Gasteiger charge is -2.26. The molecule has 1 aliphatic rings. The number of piperazine rings is 1. The minimum atomic E-state index is 1.01. The molecule has 96 valence electrons. The van der Waals surface area contributed by atoms with Gasteiger partial charge in [0.2, 0.25) is 0 Å². The predicted octanol–water partition coefficient (Wildman–Crippen LogP) is 1.54. The summed E-state index contributed by atoms with van der Waals surface area (Å²) in [6.45, 7) is 5.60. The van der Waals surface area contributed by atoms with E-state index in [0.29, 0.717) is 0 Å². The van der Waals surface area contributed by atoms with Gasteiger partial charge in [-0.15, -0.1) is 0 Å². The van der Waals surface area contributed by atoms with Gasteiger partial charge in [-0.3, -0.25) is 0 Å². The number of hydrogen-bond acceptors (Lipinski definition) is 3. The van der Waals surface area contributed by atoms with E-state index in [2.05, 4.69) is 53.9 Å².